The van der Waals surface area contributed by atoms with Crippen molar-refractivity contribution < 1.29 is 0 Å². The molecule has 0 heterocycles. The van der Waals surface area contributed by atoms with Crippen molar-refractivity contribution in [2.75, 3.05) is 13.1 Å². The van der Waals surface area contributed by atoms with E-state index >= 15 is 0 Å². The fourth-order valence-electron chi connectivity index (χ4n) is 1.55. The molecular weight excluding hydrogens is 136 g/mol. The van der Waals surface area contributed by atoms with E-state index in [0.29, 0.717) is 11.5 Å². The summed E-state index contributed by atoms with van der Waals surface area (Å²) in [5, 5.41) is 3.46. The smallest absolute Gasteiger partial charge is 0.00223 e. The van der Waals surface area contributed by atoms with E-state index in [0.717, 1.165) is 13.1 Å². The van der Waals surface area contributed by atoms with Crippen molar-refractivity contribution >= 4 is 0 Å². The third-order valence-corrected chi connectivity index (χ3v) is 2.73. The Morgan fingerprint density at radius 2 is 2.09 bits per heavy atom. The largest absolute Gasteiger partial charge is 0.330 e. The van der Waals surface area contributed by atoms with Crippen LogP contribution < -0.4 is 11.1 Å². The maximum Gasteiger partial charge on any atom is 0.00223 e. The van der Waals surface area contributed by atoms with E-state index in [9.17, 15) is 0 Å². The predicted molar refractivity (Wildman–Crippen MR) is 48.5 cm³/mol. The molecule has 1 saturated carbocycles. The minimum Gasteiger partial charge on any atom is -0.330 e. The van der Waals surface area contributed by atoms with Gasteiger partial charge in [-0.2, -0.15) is 0 Å². The number of nitrogens with one attached hydrogen (secondary N) is 1. The molecule has 2 nitrogen and oxygen atoms in total. The lowest BCUT2D eigenvalue weighted by atomic mass is 9.69. The van der Waals surface area contributed by atoms with Gasteiger partial charge in [0.15, 0.2) is 0 Å². The molecule has 0 aliphatic heterocycles. The Balaban J connectivity index is 2.22. The molecule has 0 radical (unpaired) electrons. The lowest BCUT2D eigenvalue weighted by molar-refractivity contribution is 0.137. The van der Waals surface area contributed by atoms with Crippen LogP contribution in [-0.2, 0) is 0 Å². The Kier molecular flexibility index (Phi) is 2.90. The third-order valence-electron chi connectivity index (χ3n) is 2.73. The van der Waals surface area contributed by atoms with Crippen molar-refractivity contribution in [3.63, 3.8) is 0 Å². The molecule has 3 N–H and O–H groups in total. The summed E-state index contributed by atoms with van der Waals surface area (Å²) >= 11 is 0. The minimum atomic E-state index is 0.463. The standard InChI is InChI=1S/C9H20N2/c1-8(2)11-7-9(6-10)4-3-5-9/h8,11H,3-7,10H2,1-2H3. The maximum absolute atomic E-state index is 5.72. The molecular formula is C9H20N2. The van der Waals surface area contributed by atoms with E-state index < -0.39 is 0 Å². The van der Waals surface area contributed by atoms with E-state index in [1.165, 1.54) is 19.3 Å². The number of hydrogen-bond acceptors (Lipinski definition) is 2. The van der Waals surface area contributed by atoms with Crippen LogP contribution >= 0.6 is 0 Å². The zero-order valence-corrected chi connectivity index (χ0v) is 7.69. The van der Waals surface area contributed by atoms with Crippen LogP contribution in [0.1, 0.15) is 33.1 Å². The average molecular weight is 156 g/mol. The SMILES string of the molecule is CC(C)NCC1(CN)CCC1. The molecule has 66 valence electrons. The van der Waals surface area contributed by atoms with E-state index in [1.54, 1.807) is 0 Å². The highest BCUT2D eigenvalue weighted by molar-refractivity contribution is 4.90. The summed E-state index contributed by atoms with van der Waals surface area (Å²) in [7, 11) is 0. The van der Waals surface area contributed by atoms with Gasteiger partial charge in [0.1, 0.15) is 0 Å². The highest BCUT2D eigenvalue weighted by Crippen LogP contribution is 2.39. The average Bonchev–Trinajstić information content (AvgIpc) is 1.86. The molecule has 2 heteroatoms. The van der Waals surface area contributed by atoms with Crippen molar-refractivity contribution in [3.8, 4) is 0 Å². The van der Waals surface area contributed by atoms with Crippen LogP contribution in [-0.4, -0.2) is 19.1 Å². The van der Waals surface area contributed by atoms with Gasteiger partial charge in [0.2, 0.25) is 0 Å². The molecule has 1 fully saturated rings. The second kappa shape index (κ2) is 3.55. The molecule has 0 saturated heterocycles. The third kappa shape index (κ3) is 2.17. The summed E-state index contributed by atoms with van der Waals surface area (Å²) in [5.74, 6) is 0. The maximum atomic E-state index is 5.72. The van der Waals surface area contributed by atoms with E-state index in [2.05, 4.69) is 19.2 Å². The van der Waals surface area contributed by atoms with Gasteiger partial charge >= 0.3 is 0 Å². The zero-order valence-electron chi connectivity index (χ0n) is 7.69. The molecule has 0 aromatic heterocycles. The Morgan fingerprint density at radius 1 is 1.45 bits per heavy atom. The monoisotopic (exact) mass is 156 g/mol. The molecule has 0 aromatic rings. The molecule has 1 aliphatic carbocycles. The van der Waals surface area contributed by atoms with Crippen LogP contribution in [0.25, 0.3) is 0 Å². The molecule has 0 amide bonds. The van der Waals surface area contributed by atoms with Crippen molar-refractivity contribution in [3.05, 3.63) is 0 Å². The first-order chi connectivity index (χ1) is 5.18. The van der Waals surface area contributed by atoms with E-state index in [-0.39, 0.29) is 0 Å². The van der Waals surface area contributed by atoms with E-state index in [4.69, 9.17) is 5.73 Å². The topological polar surface area (TPSA) is 38.0 Å². The molecule has 0 spiro atoms. The summed E-state index contributed by atoms with van der Waals surface area (Å²) in [6, 6.07) is 0.596. The van der Waals surface area contributed by atoms with Gasteiger partial charge in [0.25, 0.3) is 0 Å². The fourth-order valence-corrected chi connectivity index (χ4v) is 1.55. The molecule has 0 atom stereocenters. The molecule has 11 heavy (non-hydrogen) atoms. The Morgan fingerprint density at radius 3 is 2.36 bits per heavy atom. The van der Waals surface area contributed by atoms with Gasteiger partial charge in [-0.1, -0.05) is 20.3 Å². The van der Waals surface area contributed by atoms with Crippen LogP contribution in [0.4, 0.5) is 0 Å². The second-order valence-corrected chi connectivity index (χ2v) is 4.09. The number of hydrogen-bond donors (Lipinski definition) is 2. The Bertz CT molecular complexity index is 111. The summed E-state index contributed by atoms with van der Waals surface area (Å²) in [5.41, 5.74) is 6.18. The first kappa shape index (κ1) is 9.01. The van der Waals surface area contributed by atoms with Gasteiger partial charge in [-0.05, 0) is 24.8 Å². The molecule has 1 aliphatic rings. The minimum absolute atomic E-state index is 0.463. The lowest BCUT2D eigenvalue weighted by Crippen LogP contribution is -2.46. The van der Waals surface area contributed by atoms with Crippen LogP contribution in [0.5, 0.6) is 0 Å². The highest BCUT2D eigenvalue weighted by atomic mass is 14.9. The number of nitrogens with two attached hydrogens (primary N) is 1. The Labute approximate surface area is 69.5 Å². The first-order valence-corrected chi connectivity index (χ1v) is 4.62. The second-order valence-electron chi connectivity index (χ2n) is 4.09. The summed E-state index contributed by atoms with van der Waals surface area (Å²) in [4.78, 5) is 0. The van der Waals surface area contributed by atoms with Crippen molar-refractivity contribution in [1.29, 1.82) is 0 Å². The highest BCUT2D eigenvalue weighted by Gasteiger charge is 2.34. The molecule has 0 unspecified atom stereocenters. The molecule has 1 rings (SSSR count). The van der Waals surface area contributed by atoms with Gasteiger partial charge in [-0.3, -0.25) is 0 Å². The van der Waals surface area contributed by atoms with Crippen LogP contribution in [0, 0.1) is 5.41 Å². The molecule has 0 aromatic carbocycles. The lowest BCUT2D eigenvalue weighted by Gasteiger charge is -2.41. The normalized spacial score (nSPS) is 21.8. The zero-order chi connectivity index (χ0) is 8.32. The van der Waals surface area contributed by atoms with Crippen LogP contribution in [0.3, 0.4) is 0 Å². The summed E-state index contributed by atoms with van der Waals surface area (Å²) in [6.07, 6.45) is 4.02. The Hall–Kier alpha value is -0.0800. The van der Waals surface area contributed by atoms with Crippen molar-refractivity contribution in [2.24, 2.45) is 11.1 Å². The van der Waals surface area contributed by atoms with Gasteiger partial charge in [0, 0.05) is 12.6 Å². The summed E-state index contributed by atoms with van der Waals surface area (Å²) < 4.78 is 0. The predicted octanol–water partition coefficient (Wildman–Crippen LogP) is 1.11. The van der Waals surface area contributed by atoms with E-state index in [1.807, 2.05) is 0 Å². The van der Waals surface area contributed by atoms with Crippen LogP contribution in [0.15, 0.2) is 0 Å². The first-order valence-electron chi connectivity index (χ1n) is 4.62. The number of rotatable bonds is 4. The van der Waals surface area contributed by atoms with Gasteiger partial charge < -0.3 is 11.1 Å². The van der Waals surface area contributed by atoms with Gasteiger partial charge in [0.05, 0.1) is 0 Å². The van der Waals surface area contributed by atoms with Crippen LogP contribution in [0.2, 0.25) is 0 Å². The summed E-state index contributed by atoms with van der Waals surface area (Å²) in [6.45, 7) is 6.33. The van der Waals surface area contributed by atoms with Crippen molar-refractivity contribution in [1.82, 2.24) is 5.32 Å². The van der Waals surface area contributed by atoms with Crippen molar-refractivity contribution in [2.45, 2.75) is 39.2 Å². The molecule has 0 bridgehead atoms. The van der Waals surface area contributed by atoms with Gasteiger partial charge in [-0.15, -0.1) is 0 Å². The van der Waals surface area contributed by atoms with Gasteiger partial charge in [-0.25, -0.2) is 0 Å². The quantitative estimate of drug-likeness (QED) is 0.640. The fraction of sp³-hybridized carbons (Fsp3) is 1.00.